The van der Waals surface area contributed by atoms with E-state index in [0.29, 0.717) is 12.4 Å². The molecule has 18 heavy (non-hydrogen) atoms. The van der Waals surface area contributed by atoms with Crippen LogP contribution in [0, 0.1) is 0 Å². The van der Waals surface area contributed by atoms with E-state index in [1.54, 1.807) is 6.07 Å². The topological polar surface area (TPSA) is 87.4 Å². The van der Waals surface area contributed by atoms with Gasteiger partial charge in [-0.3, -0.25) is 5.32 Å². The zero-order valence-corrected chi connectivity index (χ0v) is 9.59. The Morgan fingerprint density at radius 3 is 2.56 bits per heavy atom. The largest absolute Gasteiger partial charge is 0.392 e. The molecule has 0 aliphatic carbocycles. The highest BCUT2D eigenvalue weighted by Gasteiger charge is 2.03. The molecule has 2 rings (SSSR count). The van der Waals surface area contributed by atoms with Crippen LogP contribution in [0.1, 0.15) is 11.1 Å². The van der Waals surface area contributed by atoms with Crippen molar-refractivity contribution in [1.29, 1.82) is 0 Å². The number of urea groups is 1. The first kappa shape index (κ1) is 12.1. The van der Waals surface area contributed by atoms with Gasteiger partial charge in [-0.1, -0.05) is 29.4 Å². The maximum atomic E-state index is 11.5. The van der Waals surface area contributed by atoms with Crippen LogP contribution in [0.5, 0.6) is 0 Å². The van der Waals surface area contributed by atoms with E-state index in [1.807, 2.05) is 24.3 Å². The molecule has 0 unspecified atom stereocenters. The molecule has 0 aliphatic heterocycles. The highest BCUT2D eigenvalue weighted by Crippen LogP contribution is 2.05. The molecule has 0 spiro atoms. The molecule has 3 N–H and O–H groups in total. The van der Waals surface area contributed by atoms with Crippen LogP contribution in [-0.2, 0) is 13.2 Å². The van der Waals surface area contributed by atoms with Crippen molar-refractivity contribution in [3.05, 3.63) is 47.7 Å². The quantitative estimate of drug-likeness (QED) is 0.763. The van der Waals surface area contributed by atoms with Crippen molar-refractivity contribution in [2.75, 3.05) is 5.32 Å². The normalized spacial score (nSPS) is 10.1. The minimum Gasteiger partial charge on any atom is -0.392 e. The summed E-state index contributed by atoms with van der Waals surface area (Å²) in [7, 11) is 0. The first-order chi connectivity index (χ1) is 8.78. The lowest BCUT2D eigenvalue weighted by Crippen LogP contribution is -2.27. The Morgan fingerprint density at radius 2 is 1.94 bits per heavy atom. The fourth-order valence-electron chi connectivity index (χ4n) is 1.38. The summed E-state index contributed by atoms with van der Waals surface area (Å²) in [6, 6.07) is 8.50. The summed E-state index contributed by atoms with van der Waals surface area (Å²) in [5, 5.41) is 17.5. The number of rotatable bonds is 4. The minimum atomic E-state index is -0.363. The molecule has 6 heteroatoms. The lowest BCUT2D eigenvalue weighted by Gasteiger charge is -2.05. The Kier molecular flexibility index (Phi) is 3.93. The molecule has 0 fully saturated rings. The zero-order valence-electron chi connectivity index (χ0n) is 9.59. The summed E-state index contributed by atoms with van der Waals surface area (Å²) >= 11 is 0. The van der Waals surface area contributed by atoms with E-state index < -0.39 is 0 Å². The maximum absolute atomic E-state index is 11.5. The van der Waals surface area contributed by atoms with Crippen molar-refractivity contribution < 1.29 is 14.4 Å². The van der Waals surface area contributed by atoms with Crippen LogP contribution in [0.25, 0.3) is 0 Å². The summed E-state index contributed by atoms with van der Waals surface area (Å²) in [6.07, 6.45) is 1.45. The van der Waals surface area contributed by atoms with Gasteiger partial charge < -0.3 is 14.9 Å². The van der Waals surface area contributed by atoms with Gasteiger partial charge in [0.1, 0.15) is 0 Å². The fraction of sp³-hybridized carbons (Fsp3) is 0.167. The molecule has 1 aromatic heterocycles. The Bertz CT molecular complexity index is 494. The summed E-state index contributed by atoms with van der Waals surface area (Å²) in [5.41, 5.74) is 1.78. The first-order valence-electron chi connectivity index (χ1n) is 5.42. The second kappa shape index (κ2) is 5.83. The number of amides is 2. The van der Waals surface area contributed by atoms with Gasteiger partial charge in [0.05, 0.1) is 12.8 Å². The predicted molar refractivity (Wildman–Crippen MR) is 64.7 cm³/mol. The third-order valence-electron chi connectivity index (χ3n) is 2.33. The lowest BCUT2D eigenvalue weighted by atomic mass is 10.1. The number of aliphatic hydroxyl groups excluding tert-OH is 1. The number of carbonyl (C=O) groups excluding carboxylic acids is 1. The van der Waals surface area contributed by atoms with Crippen molar-refractivity contribution in [1.82, 2.24) is 10.5 Å². The third-order valence-corrected chi connectivity index (χ3v) is 2.33. The smallest absolute Gasteiger partial charge is 0.321 e. The van der Waals surface area contributed by atoms with E-state index in [4.69, 9.17) is 9.63 Å². The molecular weight excluding hydrogens is 234 g/mol. The number of carbonyl (C=O) groups is 1. The van der Waals surface area contributed by atoms with E-state index in [1.165, 1.54) is 6.20 Å². The van der Waals surface area contributed by atoms with Gasteiger partial charge in [-0.05, 0) is 11.1 Å². The molecule has 0 saturated carbocycles. The van der Waals surface area contributed by atoms with E-state index in [-0.39, 0.29) is 12.6 Å². The van der Waals surface area contributed by atoms with E-state index in [9.17, 15) is 4.79 Å². The second-order valence-corrected chi connectivity index (χ2v) is 3.66. The van der Waals surface area contributed by atoms with Crippen LogP contribution in [-0.4, -0.2) is 16.3 Å². The van der Waals surface area contributed by atoms with Crippen molar-refractivity contribution in [3.8, 4) is 0 Å². The van der Waals surface area contributed by atoms with Gasteiger partial charge in [0.15, 0.2) is 0 Å². The monoisotopic (exact) mass is 247 g/mol. The molecular formula is C12H13N3O3. The predicted octanol–water partition coefficient (Wildman–Crippen LogP) is 1.49. The van der Waals surface area contributed by atoms with E-state index >= 15 is 0 Å². The number of nitrogens with one attached hydrogen (secondary N) is 2. The number of hydrogen-bond donors (Lipinski definition) is 3. The van der Waals surface area contributed by atoms with Gasteiger partial charge in [-0.25, -0.2) is 4.79 Å². The Morgan fingerprint density at radius 1 is 1.22 bits per heavy atom. The van der Waals surface area contributed by atoms with Gasteiger partial charge in [-0.2, -0.15) is 0 Å². The Balaban J connectivity index is 1.81. The molecule has 1 aromatic carbocycles. The molecule has 2 amide bonds. The Hall–Kier alpha value is -2.34. The zero-order chi connectivity index (χ0) is 12.8. The van der Waals surface area contributed by atoms with Gasteiger partial charge in [0.2, 0.25) is 5.88 Å². The van der Waals surface area contributed by atoms with Crippen LogP contribution >= 0.6 is 0 Å². The SMILES string of the molecule is O=C(NCc1ccc(CO)cc1)Nc1ccno1. The van der Waals surface area contributed by atoms with E-state index in [0.717, 1.165) is 11.1 Å². The van der Waals surface area contributed by atoms with Crippen LogP contribution < -0.4 is 10.6 Å². The number of anilines is 1. The van der Waals surface area contributed by atoms with Crippen molar-refractivity contribution >= 4 is 11.9 Å². The average Bonchev–Trinajstić information content (AvgIpc) is 2.90. The molecule has 0 saturated heterocycles. The summed E-state index contributed by atoms with van der Waals surface area (Å²) in [5.74, 6) is 0.295. The van der Waals surface area contributed by atoms with Crippen LogP contribution in [0.4, 0.5) is 10.7 Å². The second-order valence-electron chi connectivity index (χ2n) is 3.66. The van der Waals surface area contributed by atoms with Crippen LogP contribution in [0.2, 0.25) is 0 Å². The summed E-state index contributed by atoms with van der Waals surface area (Å²) in [4.78, 5) is 11.5. The van der Waals surface area contributed by atoms with Crippen molar-refractivity contribution in [2.45, 2.75) is 13.2 Å². The molecule has 94 valence electrons. The molecule has 1 heterocycles. The Labute approximate surface area is 104 Å². The number of benzene rings is 1. The lowest BCUT2D eigenvalue weighted by molar-refractivity contribution is 0.251. The first-order valence-corrected chi connectivity index (χ1v) is 5.42. The minimum absolute atomic E-state index is 0.0136. The van der Waals surface area contributed by atoms with Crippen molar-refractivity contribution in [2.24, 2.45) is 0 Å². The standard InChI is InChI=1S/C12H13N3O3/c16-8-10-3-1-9(2-4-10)7-13-12(17)15-11-5-6-14-18-11/h1-6,16H,7-8H2,(H2,13,15,17). The third kappa shape index (κ3) is 3.33. The molecule has 6 nitrogen and oxygen atoms in total. The maximum Gasteiger partial charge on any atom is 0.321 e. The number of aromatic nitrogens is 1. The average molecular weight is 247 g/mol. The van der Waals surface area contributed by atoms with E-state index in [2.05, 4.69) is 15.8 Å². The van der Waals surface area contributed by atoms with Gasteiger partial charge in [0, 0.05) is 12.6 Å². The van der Waals surface area contributed by atoms with Gasteiger partial charge in [-0.15, -0.1) is 0 Å². The summed E-state index contributed by atoms with van der Waals surface area (Å²) < 4.78 is 4.74. The van der Waals surface area contributed by atoms with Crippen LogP contribution in [0.3, 0.4) is 0 Å². The highest BCUT2D eigenvalue weighted by molar-refractivity contribution is 5.87. The van der Waals surface area contributed by atoms with Crippen LogP contribution in [0.15, 0.2) is 41.1 Å². The number of hydrogen-bond acceptors (Lipinski definition) is 4. The summed E-state index contributed by atoms with van der Waals surface area (Å²) in [6.45, 7) is 0.408. The molecule has 0 bridgehead atoms. The number of nitrogens with zero attached hydrogens (tertiary/aromatic N) is 1. The molecule has 0 atom stereocenters. The fourth-order valence-corrected chi connectivity index (χ4v) is 1.38. The van der Waals surface area contributed by atoms with Gasteiger partial charge in [0.25, 0.3) is 0 Å². The molecule has 0 aliphatic rings. The highest BCUT2D eigenvalue weighted by atomic mass is 16.5. The van der Waals surface area contributed by atoms with Gasteiger partial charge >= 0.3 is 6.03 Å². The molecule has 2 aromatic rings. The van der Waals surface area contributed by atoms with Crippen molar-refractivity contribution in [3.63, 3.8) is 0 Å². The number of aliphatic hydroxyl groups is 1. The molecule has 0 radical (unpaired) electrons.